The van der Waals surface area contributed by atoms with E-state index in [1.165, 1.54) is 27.8 Å². The third-order valence-electron chi connectivity index (χ3n) is 7.27. The molecule has 5 nitrogen and oxygen atoms in total. The second kappa shape index (κ2) is 10.1. The zero-order valence-electron chi connectivity index (χ0n) is 20.3. The number of hydrogen-bond acceptors (Lipinski definition) is 4. The maximum Gasteiger partial charge on any atom is 0.121 e. The number of fused-ring (bicyclic) bond motifs is 2. The molecule has 36 heavy (non-hydrogen) atoms. The van der Waals surface area contributed by atoms with Gasteiger partial charge in [0.05, 0.1) is 23.6 Å². The summed E-state index contributed by atoms with van der Waals surface area (Å²) in [5, 5.41) is 0. The number of allylic oxidation sites excluding steroid dienone is 1. The molecule has 1 aliphatic carbocycles. The van der Waals surface area contributed by atoms with E-state index < -0.39 is 0 Å². The maximum absolute atomic E-state index is 6.21. The summed E-state index contributed by atoms with van der Waals surface area (Å²) in [5.41, 5.74) is 14.5. The first kappa shape index (κ1) is 22.7. The summed E-state index contributed by atoms with van der Waals surface area (Å²) in [5.74, 6) is 0.994. The van der Waals surface area contributed by atoms with Gasteiger partial charge in [-0.25, -0.2) is 4.98 Å². The van der Waals surface area contributed by atoms with E-state index in [1.54, 1.807) is 0 Å². The van der Waals surface area contributed by atoms with Crippen molar-refractivity contribution in [3.63, 3.8) is 0 Å². The number of aromatic nitrogens is 2. The Balaban J connectivity index is 1.32. The quantitative estimate of drug-likeness (QED) is 0.357. The summed E-state index contributed by atoms with van der Waals surface area (Å²) >= 11 is 0. The molecule has 0 saturated heterocycles. The number of hydrogen-bond donors (Lipinski definition) is 2. The molecular weight excluding hydrogens is 442 g/mol. The van der Waals surface area contributed by atoms with Crippen LogP contribution < -0.4 is 5.73 Å². The van der Waals surface area contributed by atoms with Gasteiger partial charge >= 0.3 is 0 Å². The number of aliphatic imine (C=N–C) groups is 1. The van der Waals surface area contributed by atoms with E-state index in [0.717, 1.165) is 42.8 Å². The largest absolute Gasteiger partial charge is 0.341 e. The molecule has 1 aliphatic heterocycles. The Morgan fingerprint density at radius 1 is 0.944 bits per heavy atom. The van der Waals surface area contributed by atoms with Gasteiger partial charge in [-0.2, -0.15) is 0 Å². The van der Waals surface area contributed by atoms with Crippen LogP contribution in [0.2, 0.25) is 0 Å². The van der Waals surface area contributed by atoms with E-state index in [0.29, 0.717) is 18.6 Å². The first-order valence-electron chi connectivity index (χ1n) is 12.7. The van der Waals surface area contributed by atoms with Crippen LogP contribution in [-0.2, 0) is 19.6 Å². The Morgan fingerprint density at radius 2 is 1.81 bits per heavy atom. The predicted octanol–water partition coefficient (Wildman–Crippen LogP) is 5.79. The summed E-state index contributed by atoms with van der Waals surface area (Å²) in [6.45, 7) is 2.09. The first-order chi connectivity index (χ1) is 17.8. The highest BCUT2D eigenvalue weighted by atomic mass is 15.2. The lowest BCUT2D eigenvalue weighted by atomic mass is 9.89. The molecular formula is C31H31N5. The van der Waals surface area contributed by atoms with Crippen molar-refractivity contribution < 1.29 is 0 Å². The van der Waals surface area contributed by atoms with Crippen molar-refractivity contribution in [1.82, 2.24) is 14.9 Å². The third kappa shape index (κ3) is 4.68. The second-order valence-electron chi connectivity index (χ2n) is 9.65. The Morgan fingerprint density at radius 3 is 2.67 bits per heavy atom. The molecule has 3 N–H and O–H groups in total. The number of aromatic amines is 1. The van der Waals surface area contributed by atoms with Crippen molar-refractivity contribution in [2.75, 3.05) is 0 Å². The lowest BCUT2D eigenvalue weighted by Crippen LogP contribution is -2.37. The minimum absolute atomic E-state index is 0.299. The SMILES string of the molecule is NCc1cc(CN(Cc2nc3ccccc3[nH]2)C2C=C3C=CC=NC3CC2)ccc1-c1ccccc1. The molecule has 6 rings (SSSR count). The van der Waals surface area contributed by atoms with Crippen LogP contribution in [0.15, 0.2) is 102 Å². The molecule has 1 aromatic heterocycles. The lowest BCUT2D eigenvalue weighted by Gasteiger charge is -2.34. The highest BCUT2D eigenvalue weighted by Crippen LogP contribution is 2.30. The molecule has 0 saturated carbocycles. The monoisotopic (exact) mass is 473 g/mol. The first-order valence-corrected chi connectivity index (χ1v) is 12.7. The zero-order valence-corrected chi connectivity index (χ0v) is 20.3. The molecule has 0 spiro atoms. The summed E-state index contributed by atoms with van der Waals surface area (Å²) in [6, 6.07) is 26.1. The molecule has 2 atom stereocenters. The number of H-pyrrole nitrogens is 1. The minimum Gasteiger partial charge on any atom is -0.341 e. The smallest absolute Gasteiger partial charge is 0.121 e. The normalized spacial score (nSPS) is 19.0. The summed E-state index contributed by atoms with van der Waals surface area (Å²) in [4.78, 5) is 15.6. The Labute approximate surface area is 212 Å². The van der Waals surface area contributed by atoms with Gasteiger partial charge in [0, 0.05) is 25.3 Å². The fourth-order valence-corrected chi connectivity index (χ4v) is 5.45. The standard InChI is InChI=1S/C31H31N5/c32-19-25-17-22(12-14-27(25)23-7-2-1-3-8-23)20-36(21-31-34-29-10-4-5-11-30(29)35-31)26-13-15-28-24(18-26)9-6-16-33-28/h1-12,14,16-18,26,28H,13,15,19-21,32H2,(H,34,35). The molecule has 0 amide bonds. The number of nitrogens with two attached hydrogens (primary N) is 1. The third-order valence-corrected chi connectivity index (χ3v) is 7.27. The molecule has 2 unspecified atom stereocenters. The number of benzene rings is 3. The predicted molar refractivity (Wildman–Crippen MR) is 148 cm³/mol. The van der Waals surface area contributed by atoms with Crippen molar-refractivity contribution >= 4 is 17.2 Å². The van der Waals surface area contributed by atoms with E-state index >= 15 is 0 Å². The molecule has 0 bridgehead atoms. The molecule has 2 aliphatic rings. The summed E-state index contributed by atoms with van der Waals surface area (Å²) in [7, 11) is 0. The van der Waals surface area contributed by atoms with Crippen LogP contribution in [0, 0.1) is 0 Å². The van der Waals surface area contributed by atoms with Crippen LogP contribution in [0.3, 0.4) is 0 Å². The average Bonchev–Trinajstić information content (AvgIpc) is 3.35. The van der Waals surface area contributed by atoms with Crippen LogP contribution in [0.5, 0.6) is 0 Å². The van der Waals surface area contributed by atoms with Crippen LogP contribution in [0.4, 0.5) is 0 Å². The van der Waals surface area contributed by atoms with Gasteiger partial charge in [0.25, 0.3) is 0 Å². The summed E-state index contributed by atoms with van der Waals surface area (Å²) in [6.07, 6.45) is 10.7. The Bertz CT molecular complexity index is 1410. The summed E-state index contributed by atoms with van der Waals surface area (Å²) < 4.78 is 0. The molecule has 5 heteroatoms. The van der Waals surface area contributed by atoms with E-state index in [9.17, 15) is 0 Å². The highest BCUT2D eigenvalue weighted by molar-refractivity contribution is 5.75. The van der Waals surface area contributed by atoms with Gasteiger partial charge in [0.15, 0.2) is 0 Å². The van der Waals surface area contributed by atoms with E-state index in [1.807, 2.05) is 30.5 Å². The van der Waals surface area contributed by atoms with E-state index in [2.05, 4.69) is 81.6 Å². The fraction of sp³-hybridized carbons (Fsp3) is 0.226. The molecule has 2 heterocycles. The van der Waals surface area contributed by atoms with Gasteiger partial charge in [-0.05, 0) is 58.9 Å². The molecule has 0 fully saturated rings. The van der Waals surface area contributed by atoms with Gasteiger partial charge in [0.1, 0.15) is 5.82 Å². The Kier molecular flexibility index (Phi) is 6.33. The number of nitrogens with one attached hydrogen (secondary N) is 1. The highest BCUT2D eigenvalue weighted by Gasteiger charge is 2.27. The number of rotatable bonds is 7. The van der Waals surface area contributed by atoms with Crippen LogP contribution in [0.1, 0.15) is 29.8 Å². The van der Waals surface area contributed by atoms with Crippen molar-refractivity contribution in [3.8, 4) is 11.1 Å². The van der Waals surface area contributed by atoms with Crippen molar-refractivity contribution in [2.45, 2.75) is 44.6 Å². The van der Waals surface area contributed by atoms with Crippen molar-refractivity contribution in [2.24, 2.45) is 10.7 Å². The van der Waals surface area contributed by atoms with E-state index in [-0.39, 0.29) is 0 Å². The molecule has 0 radical (unpaired) electrons. The van der Waals surface area contributed by atoms with Gasteiger partial charge in [-0.3, -0.25) is 9.89 Å². The van der Waals surface area contributed by atoms with Crippen molar-refractivity contribution in [3.05, 3.63) is 114 Å². The lowest BCUT2D eigenvalue weighted by molar-refractivity contribution is 0.188. The molecule has 4 aromatic rings. The Hall–Kier alpha value is -3.80. The second-order valence-corrected chi connectivity index (χ2v) is 9.65. The van der Waals surface area contributed by atoms with Crippen LogP contribution in [0.25, 0.3) is 22.2 Å². The number of dihydropyridines is 1. The number of nitrogens with zero attached hydrogens (tertiary/aromatic N) is 3. The van der Waals surface area contributed by atoms with Gasteiger partial charge < -0.3 is 10.7 Å². The van der Waals surface area contributed by atoms with Gasteiger partial charge in [0.2, 0.25) is 0 Å². The fourth-order valence-electron chi connectivity index (χ4n) is 5.45. The van der Waals surface area contributed by atoms with Crippen LogP contribution >= 0.6 is 0 Å². The number of para-hydroxylation sites is 2. The molecule has 180 valence electrons. The van der Waals surface area contributed by atoms with E-state index in [4.69, 9.17) is 10.7 Å². The van der Waals surface area contributed by atoms with Crippen molar-refractivity contribution in [1.29, 1.82) is 0 Å². The maximum atomic E-state index is 6.21. The zero-order chi connectivity index (χ0) is 24.3. The van der Waals surface area contributed by atoms with Gasteiger partial charge in [-0.15, -0.1) is 0 Å². The van der Waals surface area contributed by atoms with Crippen LogP contribution in [-0.4, -0.2) is 33.2 Å². The minimum atomic E-state index is 0.299. The average molecular weight is 474 g/mol. The molecule has 3 aromatic carbocycles. The number of imidazole rings is 1. The van der Waals surface area contributed by atoms with Gasteiger partial charge in [-0.1, -0.05) is 72.8 Å². The topological polar surface area (TPSA) is 70.3 Å².